The van der Waals surface area contributed by atoms with Crippen LogP contribution in [0.1, 0.15) is 15.9 Å². The molecule has 2 nitrogen and oxygen atoms in total. The summed E-state index contributed by atoms with van der Waals surface area (Å²) in [6.07, 6.45) is 0. The normalized spacial score (nSPS) is 14.8. The van der Waals surface area contributed by atoms with Crippen molar-refractivity contribution in [3.05, 3.63) is 90.0 Å². The van der Waals surface area contributed by atoms with Crippen molar-refractivity contribution in [2.24, 2.45) is 4.99 Å². The number of nitrogens with zero attached hydrogens (tertiary/aromatic N) is 1. The fourth-order valence-electron chi connectivity index (χ4n) is 3.51. The van der Waals surface area contributed by atoms with Crippen LogP contribution in [0, 0.1) is 0 Å². The van der Waals surface area contributed by atoms with E-state index < -0.39 is 0 Å². The highest BCUT2D eigenvalue weighted by atomic mass is 16.1. The number of ketones is 1. The molecular formula is C22H13NO. The monoisotopic (exact) mass is 307 g/mol. The van der Waals surface area contributed by atoms with Crippen molar-refractivity contribution in [3.63, 3.8) is 0 Å². The second-order valence-corrected chi connectivity index (χ2v) is 6.00. The number of rotatable bonds is 1. The van der Waals surface area contributed by atoms with Crippen molar-refractivity contribution in [1.82, 2.24) is 0 Å². The second kappa shape index (κ2) is 4.87. The topological polar surface area (TPSA) is 29.4 Å². The predicted molar refractivity (Wildman–Crippen MR) is 98.4 cm³/mol. The van der Waals surface area contributed by atoms with E-state index in [1.807, 2.05) is 66.7 Å². The van der Waals surface area contributed by atoms with E-state index in [0.717, 1.165) is 38.4 Å². The molecule has 0 radical (unpaired) electrons. The molecule has 0 spiro atoms. The molecule has 0 unspecified atom stereocenters. The summed E-state index contributed by atoms with van der Waals surface area (Å²) in [4.78, 5) is 17.7. The van der Waals surface area contributed by atoms with Gasteiger partial charge >= 0.3 is 0 Å². The zero-order valence-electron chi connectivity index (χ0n) is 12.9. The van der Waals surface area contributed by atoms with Crippen LogP contribution in [0.15, 0.2) is 83.9 Å². The van der Waals surface area contributed by atoms with Crippen LogP contribution in [-0.2, 0) is 0 Å². The summed E-state index contributed by atoms with van der Waals surface area (Å²) < 4.78 is 0. The first-order valence-electron chi connectivity index (χ1n) is 7.96. The van der Waals surface area contributed by atoms with Crippen LogP contribution >= 0.6 is 0 Å². The molecule has 2 heteroatoms. The molecule has 0 atom stereocenters. The van der Waals surface area contributed by atoms with Gasteiger partial charge in [0.15, 0.2) is 0 Å². The summed E-state index contributed by atoms with van der Waals surface area (Å²) in [5.41, 5.74) is 3.06. The smallest absolute Gasteiger partial charge is 0.212 e. The van der Waals surface area contributed by atoms with Crippen molar-refractivity contribution in [1.29, 1.82) is 0 Å². The molecule has 0 aliphatic heterocycles. The zero-order valence-corrected chi connectivity index (χ0v) is 12.9. The molecule has 0 fully saturated rings. The van der Waals surface area contributed by atoms with Gasteiger partial charge in [-0.2, -0.15) is 0 Å². The van der Waals surface area contributed by atoms with Crippen molar-refractivity contribution < 1.29 is 4.79 Å². The number of benzene rings is 4. The number of hydrogen-bond donors (Lipinski definition) is 0. The molecule has 1 aliphatic carbocycles. The molecule has 0 N–H and O–H groups in total. The Kier molecular flexibility index (Phi) is 2.68. The first kappa shape index (κ1) is 13.2. The average molecular weight is 307 g/mol. The summed E-state index contributed by atoms with van der Waals surface area (Å²) in [6, 6.07) is 26.0. The molecule has 112 valence electrons. The number of Topliss-reactive ketones (excluding diaryl/α,β-unsaturated/α-hetero) is 1. The maximum Gasteiger partial charge on any atom is 0.212 e. The lowest BCUT2D eigenvalue weighted by Crippen LogP contribution is -2.08. The Balaban J connectivity index is 1.80. The van der Waals surface area contributed by atoms with E-state index in [-0.39, 0.29) is 5.78 Å². The van der Waals surface area contributed by atoms with Gasteiger partial charge in [-0.25, -0.2) is 4.99 Å². The Hall–Kier alpha value is -3.26. The number of carbonyl (C=O) groups excluding carboxylic acids is 1. The van der Waals surface area contributed by atoms with Crippen LogP contribution in [0.25, 0.3) is 21.5 Å². The molecule has 24 heavy (non-hydrogen) atoms. The second-order valence-electron chi connectivity index (χ2n) is 6.00. The summed E-state index contributed by atoms with van der Waals surface area (Å²) in [5, 5.41) is 4.29. The SMILES string of the molecule is O=C1C(=Nc2cccc3ccccc23)c2cccc3cccc1c23. The van der Waals surface area contributed by atoms with Crippen molar-refractivity contribution in [2.45, 2.75) is 0 Å². The zero-order chi connectivity index (χ0) is 16.1. The molecule has 0 saturated heterocycles. The third-order valence-electron chi connectivity index (χ3n) is 4.62. The van der Waals surface area contributed by atoms with Crippen molar-refractivity contribution in [3.8, 4) is 0 Å². The number of aliphatic imine (C=N–C) groups is 1. The van der Waals surface area contributed by atoms with Gasteiger partial charge < -0.3 is 0 Å². The maximum atomic E-state index is 12.9. The van der Waals surface area contributed by atoms with Gasteiger partial charge in [0, 0.05) is 21.9 Å². The lowest BCUT2D eigenvalue weighted by Gasteiger charge is -2.04. The molecule has 0 saturated carbocycles. The molecule has 0 amide bonds. The molecular weight excluding hydrogens is 294 g/mol. The highest BCUT2D eigenvalue weighted by molar-refractivity contribution is 6.59. The van der Waals surface area contributed by atoms with Crippen LogP contribution in [-0.4, -0.2) is 11.5 Å². The first-order chi connectivity index (χ1) is 11.8. The van der Waals surface area contributed by atoms with E-state index in [2.05, 4.69) is 12.1 Å². The predicted octanol–water partition coefficient (Wildman–Crippen LogP) is 5.31. The quantitative estimate of drug-likeness (QED) is 0.468. The van der Waals surface area contributed by atoms with E-state index in [9.17, 15) is 4.79 Å². The van der Waals surface area contributed by atoms with Crippen LogP contribution in [0.2, 0.25) is 0 Å². The van der Waals surface area contributed by atoms with Gasteiger partial charge in [-0.1, -0.05) is 72.8 Å². The van der Waals surface area contributed by atoms with Crippen LogP contribution < -0.4 is 0 Å². The average Bonchev–Trinajstić information content (AvgIpc) is 2.90. The molecule has 1 aliphatic rings. The van der Waals surface area contributed by atoms with Gasteiger partial charge in [-0.15, -0.1) is 0 Å². The van der Waals surface area contributed by atoms with Crippen molar-refractivity contribution in [2.75, 3.05) is 0 Å². The highest BCUT2D eigenvalue weighted by Gasteiger charge is 2.28. The van der Waals surface area contributed by atoms with Gasteiger partial charge in [-0.05, 0) is 16.8 Å². The van der Waals surface area contributed by atoms with Gasteiger partial charge in [-0.3, -0.25) is 4.79 Å². The minimum Gasteiger partial charge on any atom is -0.287 e. The molecule has 4 aromatic carbocycles. The number of fused-ring (bicyclic) bond motifs is 1. The summed E-state index contributed by atoms with van der Waals surface area (Å²) >= 11 is 0. The molecule has 0 heterocycles. The van der Waals surface area contributed by atoms with Gasteiger partial charge in [0.05, 0.1) is 5.69 Å². The van der Waals surface area contributed by atoms with E-state index in [1.54, 1.807) is 0 Å². The highest BCUT2D eigenvalue weighted by Crippen LogP contribution is 2.34. The van der Waals surface area contributed by atoms with E-state index in [1.165, 1.54) is 0 Å². The lowest BCUT2D eigenvalue weighted by molar-refractivity contribution is 0.107. The van der Waals surface area contributed by atoms with Crippen LogP contribution in [0.4, 0.5) is 5.69 Å². The summed E-state index contributed by atoms with van der Waals surface area (Å²) in [5.74, 6) is 0.00901. The minimum atomic E-state index is 0.00901. The fourth-order valence-corrected chi connectivity index (χ4v) is 3.51. The molecule has 5 rings (SSSR count). The van der Waals surface area contributed by atoms with Gasteiger partial charge in [0.2, 0.25) is 5.78 Å². The minimum absolute atomic E-state index is 0.00901. The molecule has 4 aromatic rings. The summed E-state index contributed by atoms with van der Waals surface area (Å²) in [6.45, 7) is 0. The third kappa shape index (κ3) is 1.77. The number of hydrogen-bond acceptors (Lipinski definition) is 2. The largest absolute Gasteiger partial charge is 0.287 e. The van der Waals surface area contributed by atoms with E-state index in [0.29, 0.717) is 5.71 Å². The third-order valence-corrected chi connectivity index (χ3v) is 4.62. The van der Waals surface area contributed by atoms with Gasteiger partial charge in [0.1, 0.15) is 5.71 Å². The Morgan fingerprint density at radius 3 is 2.17 bits per heavy atom. The standard InChI is InChI=1S/C22H13NO/c24-22-18-12-4-9-15-8-3-11-17(20(15)18)21(22)23-19-13-5-7-14-6-1-2-10-16(14)19/h1-13H. The molecule has 0 bridgehead atoms. The molecule has 0 aromatic heterocycles. The first-order valence-corrected chi connectivity index (χ1v) is 7.96. The summed E-state index contributed by atoms with van der Waals surface area (Å²) in [7, 11) is 0. The lowest BCUT2D eigenvalue weighted by atomic mass is 10.1. The van der Waals surface area contributed by atoms with Crippen molar-refractivity contribution >= 4 is 38.7 Å². The van der Waals surface area contributed by atoms with E-state index >= 15 is 0 Å². The van der Waals surface area contributed by atoms with Gasteiger partial charge in [0.25, 0.3) is 0 Å². The van der Waals surface area contributed by atoms with E-state index in [4.69, 9.17) is 4.99 Å². The Morgan fingerprint density at radius 1 is 0.625 bits per heavy atom. The Bertz CT molecular complexity index is 1160. The Morgan fingerprint density at radius 2 is 1.29 bits per heavy atom. The fraction of sp³-hybridized carbons (Fsp3) is 0. The van der Waals surface area contributed by atoms with Crippen LogP contribution in [0.3, 0.4) is 0 Å². The maximum absolute atomic E-state index is 12.9. The Labute approximate surface area is 139 Å². The number of carbonyl (C=O) groups is 1. The van der Waals surface area contributed by atoms with Crippen LogP contribution in [0.5, 0.6) is 0 Å².